The number of aliphatic hydroxyl groups is 1. The van der Waals surface area contributed by atoms with E-state index in [0.29, 0.717) is 29.9 Å². The molecule has 1 aromatic heterocycles. The fourth-order valence-electron chi connectivity index (χ4n) is 2.97. The summed E-state index contributed by atoms with van der Waals surface area (Å²) >= 11 is 5.99. The van der Waals surface area contributed by atoms with Gasteiger partial charge >= 0.3 is 6.36 Å². The van der Waals surface area contributed by atoms with Crippen molar-refractivity contribution in [1.82, 2.24) is 9.78 Å². The van der Waals surface area contributed by atoms with Gasteiger partial charge in [0.05, 0.1) is 17.8 Å². The van der Waals surface area contributed by atoms with E-state index in [2.05, 4.69) is 9.84 Å². The molecular weight excluding hydrogens is 381 g/mol. The summed E-state index contributed by atoms with van der Waals surface area (Å²) in [6, 6.07) is 9.64. The van der Waals surface area contributed by atoms with E-state index in [-0.39, 0.29) is 12.4 Å². The van der Waals surface area contributed by atoms with Crippen molar-refractivity contribution in [1.29, 1.82) is 0 Å². The highest BCUT2D eigenvalue weighted by atomic mass is 35.5. The van der Waals surface area contributed by atoms with Gasteiger partial charge in [0.25, 0.3) is 0 Å². The lowest BCUT2D eigenvalue weighted by molar-refractivity contribution is -0.274. The van der Waals surface area contributed by atoms with Crippen molar-refractivity contribution < 1.29 is 23.0 Å². The van der Waals surface area contributed by atoms with Gasteiger partial charge in [-0.05, 0) is 55.2 Å². The van der Waals surface area contributed by atoms with E-state index in [1.807, 2.05) is 19.1 Å². The van der Waals surface area contributed by atoms with Gasteiger partial charge in [0.1, 0.15) is 5.75 Å². The molecule has 0 saturated heterocycles. The van der Waals surface area contributed by atoms with Crippen LogP contribution in [-0.4, -0.2) is 27.9 Å². The zero-order valence-electron chi connectivity index (χ0n) is 14.6. The fourth-order valence-corrected chi connectivity index (χ4v) is 3.20. The quantitative estimate of drug-likeness (QED) is 0.644. The number of rotatable bonds is 6. The van der Waals surface area contributed by atoms with Gasteiger partial charge in [-0.15, -0.1) is 13.2 Å². The Bertz CT molecular complexity index is 954. The second-order valence-electron chi connectivity index (χ2n) is 6.23. The summed E-state index contributed by atoms with van der Waals surface area (Å²) in [7, 11) is 0. The fraction of sp³-hybridized carbons (Fsp3) is 0.316. The van der Waals surface area contributed by atoms with E-state index in [4.69, 9.17) is 16.7 Å². The van der Waals surface area contributed by atoms with Gasteiger partial charge in [-0.2, -0.15) is 5.10 Å². The number of hydrogen-bond donors (Lipinski definition) is 1. The van der Waals surface area contributed by atoms with E-state index in [0.717, 1.165) is 22.2 Å². The van der Waals surface area contributed by atoms with Crippen LogP contribution in [0.2, 0.25) is 5.02 Å². The van der Waals surface area contributed by atoms with Crippen LogP contribution < -0.4 is 4.74 Å². The first-order valence-electron chi connectivity index (χ1n) is 8.38. The highest BCUT2D eigenvalue weighted by molar-refractivity contribution is 6.30. The standard InChI is InChI=1S/C19H18ClF3N2O2/c1-12-9-14(20)5-4-13(12)11-25-18-10-15(27-19(21,22)23)6-7-16(18)17(24-25)3-2-8-26/h4-7,9-10,26H,2-3,8,11H2,1H3. The maximum Gasteiger partial charge on any atom is 0.573 e. The monoisotopic (exact) mass is 398 g/mol. The molecule has 1 N–H and O–H groups in total. The first-order chi connectivity index (χ1) is 12.8. The van der Waals surface area contributed by atoms with Crippen LogP contribution in [0.25, 0.3) is 10.9 Å². The van der Waals surface area contributed by atoms with E-state index in [1.165, 1.54) is 12.1 Å². The van der Waals surface area contributed by atoms with Crippen LogP contribution in [0.5, 0.6) is 5.75 Å². The smallest absolute Gasteiger partial charge is 0.406 e. The number of aliphatic hydroxyl groups excluding tert-OH is 1. The molecule has 0 aliphatic rings. The van der Waals surface area contributed by atoms with Crippen LogP contribution in [0, 0.1) is 6.92 Å². The Morgan fingerprint density at radius 2 is 1.96 bits per heavy atom. The molecule has 8 heteroatoms. The zero-order chi connectivity index (χ0) is 19.6. The number of halogens is 4. The van der Waals surface area contributed by atoms with Crippen molar-refractivity contribution in [3.63, 3.8) is 0 Å². The van der Waals surface area contributed by atoms with Crippen LogP contribution in [0.4, 0.5) is 13.2 Å². The molecule has 0 radical (unpaired) electrons. The number of aromatic nitrogens is 2. The predicted octanol–water partition coefficient (Wildman–Crippen LogP) is 4.87. The Morgan fingerprint density at radius 3 is 2.63 bits per heavy atom. The van der Waals surface area contributed by atoms with Gasteiger partial charge in [-0.1, -0.05) is 17.7 Å². The Morgan fingerprint density at radius 1 is 1.19 bits per heavy atom. The maximum atomic E-state index is 12.6. The van der Waals surface area contributed by atoms with E-state index >= 15 is 0 Å². The molecule has 2 aromatic carbocycles. The topological polar surface area (TPSA) is 47.3 Å². The summed E-state index contributed by atoms with van der Waals surface area (Å²) in [4.78, 5) is 0. The Labute approximate surface area is 159 Å². The molecule has 27 heavy (non-hydrogen) atoms. The molecule has 3 rings (SSSR count). The van der Waals surface area contributed by atoms with Crippen molar-refractivity contribution in [3.8, 4) is 5.75 Å². The van der Waals surface area contributed by atoms with Crippen LogP contribution >= 0.6 is 11.6 Å². The zero-order valence-corrected chi connectivity index (χ0v) is 15.3. The molecule has 4 nitrogen and oxygen atoms in total. The highest BCUT2D eigenvalue weighted by Crippen LogP contribution is 2.29. The van der Waals surface area contributed by atoms with Crippen molar-refractivity contribution in [2.45, 2.75) is 32.7 Å². The first-order valence-corrected chi connectivity index (χ1v) is 8.75. The van der Waals surface area contributed by atoms with Crippen molar-refractivity contribution in [2.75, 3.05) is 6.61 Å². The average molecular weight is 399 g/mol. The number of hydrogen-bond acceptors (Lipinski definition) is 3. The molecule has 0 atom stereocenters. The molecular formula is C19H18ClF3N2O2. The minimum Gasteiger partial charge on any atom is -0.406 e. The van der Waals surface area contributed by atoms with Crippen molar-refractivity contribution in [2.24, 2.45) is 0 Å². The minimum absolute atomic E-state index is 0.0138. The number of nitrogens with zero attached hydrogens (tertiary/aromatic N) is 2. The third-order valence-corrected chi connectivity index (χ3v) is 4.46. The molecule has 1 heterocycles. The van der Waals surface area contributed by atoms with E-state index in [9.17, 15) is 13.2 Å². The lowest BCUT2D eigenvalue weighted by Crippen LogP contribution is -2.17. The minimum atomic E-state index is -4.76. The Kier molecular flexibility index (Phi) is 5.62. The summed E-state index contributed by atoms with van der Waals surface area (Å²) in [6.07, 6.45) is -3.71. The molecule has 0 fully saturated rings. The highest BCUT2D eigenvalue weighted by Gasteiger charge is 2.31. The lowest BCUT2D eigenvalue weighted by atomic mass is 10.1. The second-order valence-corrected chi connectivity index (χ2v) is 6.67. The summed E-state index contributed by atoms with van der Waals surface area (Å²) in [5.41, 5.74) is 3.19. The van der Waals surface area contributed by atoms with Crippen LogP contribution in [0.15, 0.2) is 36.4 Å². The molecule has 0 amide bonds. The van der Waals surface area contributed by atoms with Gasteiger partial charge in [0.15, 0.2) is 0 Å². The van der Waals surface area contributed by atoms with E-state index in [1.54, 1.807) is 16.8 Å². The van der Waals surface area contributed by atoms with Gasteiger partial charge in [0.2, 0.25) is 0 Å². The third kappa shape index (κ3) is 4.73. The summed E-state index contributed by atoms with van der Waals surface area (Å²) in [5, 5.41) is 15.0. The average Bonchev–Trinajstić information content (AvgIpc) is 2.91. The number of fused-ring (bicyclic) bond motifs is 1. The number of ether oxygens (including phenoxy) is 1. The van der Waals surface area contributed by atoms with Crippen LogP contribution in [0.1, 0.15) is 23.2 Å². The van der Waals surface area contributed by atoms with Gasteiger partial charge < -0.3 is 9.84 Å². The molecule has 144 valence electrons. The Hall–Kier alpha value is -2.25. The van der Waals surface area contributed by atoms with Gasteiger partial charge in [-0.25, -0.2) is 0 Å². The van der Waals surface area contributed by atoms with Crippen LogP contribution in [-0.2, 0) is 13.0 Å². The molecule has 0 spiro atoms. The van der Waals surface area contributed by atoms with Gasteiger partial charge in [-0.3, -0.25) is 4.68 Å². The molecule has 0 saturated carbocycles. The summed E-state index contributed by atoms with van der Waals surface area (Å²) in [5.74, 6) is -0.294. The predicted molar refractivity (Wildman–Crippen MR) is 97.1 cm³/mol. The van der Waals surface area contributed by atoms with Crippen molar-refractivity contribution >= 4 is 22.5 Å². The molecule has 0 unspecified atom stereocenters. The summed E-state index contributed by atoms with van der Waals surface area (Å²) < 4.78 is 43.4. The van der Waals surface area contributed by atoms with Crippen LogP contribution in [0.3, 0.4) is 0 Å². The van der Waals surface area contributed by atoms with E-state index < -0.39 is 6.36 Å². The normalized spacial score (nSPS) is 11.9. The second kappa shape index (κ2) is 7.78. The Balaban J connectivity index is 2.04. The molecule has 0 aliphatic heterocycles. The maximum absolute atomic E-state index is 12.6. The molecule has 0 bridgehead atoms. The SMILES string of the molecule is Cc1cc(Cl)ccc1Cn1nc(CCCO)c2ccc(OC(F)(F)F)cc21. The number of aryl methyl sites for hydroxylation is 2. The number of benzene rings is 2. The third-order valence-electron chi connectivity index (χ3n) is 4.23. The van der Waals surface area contributed by atoms with Gasteiger partial charge in [0, 0.05) is 23.1 Å². The lowest BCUT2D eigenvalue weighted by Gasteiger charge is -2.10. The molecule has 3 aromatic rings. The molecule has 0 aliphatic carbocycles. The number of alkyl halides is 3. The largest absolute Gasteiger partial charge is 0.573 e. The summed E-state index contributed by atoms with van der Waals surface area (Å²) in [6.45, 7) is 2.31. The first kappa shape index (κ1) is 19.5. The van der Waals surface area contributed by atoms with Crippen molar-refractivity contribution in [3.05, 3.63) is 58.2 Å².